The van der Waals surface area contributed by atoms with Gasteiger partial charge in [0.05, 0.1) is 23.7 Å². The molecule has 1 aromatic heterocycles. The van der Waals surface area contributed by atoms with E-state index in [9.17, 15) is 0 Å². The molecule has 2 aromatic rings. The zero-order chi connectivity index (χ0) is 11.5. The predicted molar refractivity (Wildman–Crippen MR) is 65.9 cm³/mol. The normalized spacial score (nSPS) is 12.6. The summed E-state index contributed by atoms with van der Waals surface area (Å²) in [6.07, 6.45) is 6.55. The van der Waals surface area contributed by atoms with E-state index < -0.39 is 0 Å². The molecule has 1 atom stereocenters. The topological polar surface area (TPSA) is 69.9 Å². The fourth-order valence-electron chi connectivity index (χ4n) is 1.87. The first kappa shape index (κ1) is 10.5. The van der Waals surface area contributed by atoms with Crippen LogP contribution in [0.3, 0.4) is 0 Å². The summed E-state index contributed by atoms with van der Waals surface area (Å²) in [4.78, 5) is 4.06. The van der Waals surface area contributed by atoms with E-state index in [0.717, 1.165) is 12.0 Å². The van der Waals surface area contributed by atoms with Crippen LogP contribution in [0.15, 0.2) is 36.9 Å². The number of imidazole rings is 1. The predicted octanol–water partition coefficient (Wildman–Crippen LogP) is 2.05. The molecule has 0 aliphatic rings. The van der Waals surface area contributed by atoms with Crippen molar-refractivity contribution in [2.75, 3.05) is 11.5 Å². The number of rotatable bonds is 3. The third kappa shape index (κ3) is 1.86. The van der Waals surface area contributed by atoms with Gasteiger partial charge in [-0.3, -0.25) is 0 Å². The Bertz CT molecular complexity index is 462. The van der Waals surface area contributed by atoms with Crippen molar-refractivity contribution in [1.82, 2.24) is 9.55 Å². The smallest absolute Gasteiger partial charge is 0.0951 e. The zero-order valence-electron chi connectivity index (χ0n) is 9.30. The average Bonchev–Trinajstić information content (AvgIpc) is 2.78. The van der Waals surface area contributed by atoms with Gasteiger partial charge in [-0.25, -0.2) is 4.98 Å². The second-order valence-corrected chi connectivity index (χ2v) is 3.82. The Kier molecular flexibility index (Phi) is 2.81. The maximum atomic E-state index is 5.82. The largest absolute Gasteiger partial charge is 0.397 e. The highest BCUT2D eigenvalue weighted by Gasteiger charge is 2.11. The number of nitrogen functional groups attached to an aromatic ring is 2. The Hall–Kier alpha value is -1.97. The number of hydrogen-bond acceptors (Lipinski definition) is 3. The molecule has 84 valence electrons. The summed E-state index contributed by atoms with van der Waals surface area (Å²) >= 11 is 0. The Morgan fingerprint density at radius 2 is 2.12 bits per heavy atom. The van der Waals surface area contributed by atoms with Gasteiger partial charge in [0.25, 0.3) is 0 Å². The lowest BCUT2D eigenvalue weighted by atomic mass is 10.0. The van der Waals surface area contributed by atoms with E-state index in [1.807, 2.05) is 30.7 Å². The van der Waals surface area contributed by atoms with Crippen LogP contribution in [-0.4, -0.2) is 9.55 Å². The van der Waals surface area contributed by atoms with Gasteiger partial charge in [-0.2, -0.15) is 0 Å². The molecule has 4 nitrogen and oxygen atoms in total. The summed E-state index contributed by atoms with van der Waals surface area (Å²) in [6.45, 7) is 2.14. The SMILES string of the molecule is CCC(c1ccc(N)c(N)c1)n1ccnc1. The van der Waals surface area contributed by atoms with Crippen molar-refractivity contribution in [3.05, 3.63) is 42.5 Å². The first-order chi connectivity index (χ1) is 7.72. The maximum Gasteiger partial charge on any atom is 0.0951 e. The minimum atomic E-state index is 0.269. The summed E-state index contributed by atoms with van der Waals surface area (Å²) in [5, 5.41) is 0. The number of aromatic nitrogens is 2. The first-order valence-corrected chi connectivity index (χ1v) is 5.34. The molecular formula is C12H16N4. The van der Waals surface area contributed by atoms with Crippen LogP contribution in [0.1, 0.15) is 24.9 Å². The fourth-order valence-corrected chi connectivity index (χ4v) is 1.87. The van der Waals surface area contributed by atoms with Crippen molar-refractivity contribution in [3.8, 4) is 0 Å². The van der Waals surface area contributed by atoms with Crippen LogP contribution >= 0.6 is 0 Å². The lowest BCUT2D eigenvalue weighted by Crippen LogP contribution is -2.08. The van der Waals surface area contributed by atoms with E-state index in [1.165, 1.54) is 0 Å². The molecule has 0 saturated carbocycles. The standard InChI is InChI=1S/C12H16N4/c1-2-12(16-6-5-15-8-16)9-3-4-10(13)11(14)7-9/h3-8,12H,2,13-14H2,1H3. The molecule has 0 fully saturated rings. The van der Waals surface area contributed by atoms with E-state index in [4.69, 9.17) is 11.5 Å². The minimum Gasteiger partial charge on any atom is -0.397 e. The summed E-state index contributed by atoms with van der Waals surface area (Å²) in [7, 11) is 0. The van der Waals surface area contributed by atoms with Crippen molar-refractivity contribution in [1.29, 1.82) is 0 Å². The molecule has 1 unspecified atom stereocenters. The molecule has 0 aliphatic carbocycles. The highest BCUT2D eigenvalue weighted by Crippen LogP contribution is 2.25. The third-order valence-corrected chi connectivity index (χ3v) is 2.77. The van der Waals surface area contributed by atoms with Crippen LogP contribution in [0.2, 0.25) is 0 Å². The van der Waals surface area contributed by atoms with E-state index in [2.05, 4.69) is 16.5 Å². The van der Waals surface area contributed by atoms with Crippen molar-refractivity contribution < 1.29 is 0 Å². The van der Waals surface area contributed by atoms with Gasteiger partial charge in [-0.15, -0.1) is 0 Å². The van der Waals surface area contributed by atoms with Gasteiger partial charge in [0.1, 0.15) is 0 Å². The van der Waals surface area contributed by atoms with Crippen LogP contribution < -0.4 is 11.5 Å². The molecule has 0 bridgehead atoms. The van der Waals surface area contributed by atoms with E-state index in [0.29, 0.717) is 11.4 Å². The Balaban J connectivity index is 2.37. The van der Waals surface area contributed by atoms with Gasteiger partial charge in [0.2, 0.25) is 0 Å². The van der Waals surface area contributed by atoms with Crippen LogP contribution in [0, 0.1) is 0 Å². The third-order valence-electron chi connectivity index (χ3n) is 2.77. The van der Waals surface area contributed by atoms with Crippen LogP contribution in [-0.2, 0) is 0 Å². The van der Waals surface area contributed by atoms with Gasteiger partial charge in [0.15, 0.2) is 0 Å². The lowest BCUT2D eigenvalue weighted by Gasteiger charge is -2.17. The number of nitrogens with two attached hydrogens (primary N) is 2. The molecule has 4 heteroatoms. The second kappa shape index (κ2) is 4.26. The summed E-state index contributed by atoms with van der Waals surface area (Å²) in [5.74, 6) is 0. The monoisotopic (exact) mass is 216 g/mol. The molecule has 0 aliphatic heterocycles. The van der Waals surface area contributed by atoms with Gasteiger partial charge in [0, 0.05) is 12.4 Å². The van der Waals surface area contributed by atoms with E-state index in [1.54, 1.807) is 6.20 Å². The van der Waals surface area contributed by atoms with E-state index in [-0.39, 0.29) is 6.04 Å². The van der Waals surface area contributed by atoms with E-state index >= 15 is 0 Å². The lowest BCUT2D eigenvalue weighted by molar-refractivity contribution is 0.566. The Labute approximate surface area is 94.9 Å². The number of nitrogens with zero attached hydrogens (tertiary/aromatic N) is 2. The average molecular weight is 216 g/mol. The van der Waals surface area contributed by atoms with Crippen LogP contribution in [0.5, 0.6) is 0 Å². The maximum absolute atomic E-state index is 5.82. The summed E-state index contributed by atoms with van der Waals surface area (Å²) < 4.78 is 2.07. The quantitative estimate of drug-likeness (QED) is 0.771. The summed E-state index contributed by atoms with van der Waals surface area (Å²) in [6, 6.07) is 6.07. The van der Waals surface area contributed by atoms with Gasteiger partial charge >= 0.3 is 0 Å². The number of hydrogen-bond donors (Lipinski definition) is 2. The molecule has 0 spiro atoms. The highest BCUT2D eigenvalue weighted by molar-refractivity contribution is 5.64. The van der Waals surface area contributed by atoms with Crippen molar-refractivity contribution in [2.24, 2.45) is 0 Å². The number of anilines is 2. The van der Waals surface area contributed by atoms with Crippen molar-refractivity contribution in [2.45, 2.75) is 19.4 Å². The molecule has 4 N–H and O–H groups in total. The van der Waals surface area contributed by atoms with Gasteiger partial charge in [-0.05, 0) is 24.1 Å². The molecule has 2 rings (SSSR count). The van der Waals surface area contributed by atoms with Crippen molar-refractivity contribution in [3.63, 3.8) is 0 Å². The molecular weight excluding hydrogens is 200 g/mol. The fraction of sp³-hybridized carbons (Fsp3) is 0.250. The Morgan fingerprint density at radius 1 is 1.31 bits per heavy atom. The first-order valence-electron chi connectivity index (χ1n) is 5.34. The Morgan fingerprint density at radius 3 is 2.69 bits per heavy atom. The molecule has 0 radical (unpaired) electrons. The molecule has 16 heavy (non-hydrogen) atoms. The highest BCUT2D eigenvalue weighted by atomic mass is 15.0. The zero-order valence-corrected chi connectivity index (χ0v) is 9.30. The van der Waals surface area contributed by atoms with Gasteiger partial charge in [-0.1, -0.05) is 13.0 Å². The van der Waals surface area contributed by atoms with Gasteiger partial charge < -0.3 is 16.0 Å². The molecule has 0 amide bonds. The van der Waals surface area contributed by atoms with Crippen LogP contribution in [0.4, 0.5) is 11.4 Å². The minimum absolute atomic E-state index is 0.269. The molecule has 1 aromatic carbocycles. The van der Waals surface area contributed by atoms with Crippen molar-refractivity contribution >= 4 is 11.4 Å². The summed E-state index contributed by atoms with van der Waals surface area (Å²) in [5.41, 5.74) is 13.9. The number of benzene rings is 1. The molecule has 0 saturated heterocycles. The second-order valence-electron chi connectivity index (χ2n) is 3.82. The van der Waals surface area contributed by atoms with Crippen LogP contribution in [0.25, 0.3) is 0 Å². The molecule has 1 heterocycles.